The van der Waals surface area contributed by atoms with Crippen LogP contribution in [0.2, 0.25) is 10.0 Å². The molecule has 0 saturated carbocycles. The summed E-state index contributed by atoms with van der Waals surface area (Å²) in [5, 5.41) is 0.885. The lowest BCUT2D eigenvalue weighted by Crippen LogP contribution is -2.25. The quantitative estimate of drug-likeness (QED) is 0.651. The van der Waals surface area contributed by atoms with Crippen LogP contribution in [0.1, 0.15) is 40.7 Å². The molecule has 0 amide bonds. The summed E-state index contributed by atoms with van der Waals surface area (Å²) in [4.78, 5) is 15.8. The van der Waals surface area contributed by atoms with Crippen LogP contribution < -0.4 is 0 Å². The average molecular weight is 372 g/mol. The summed E-state index contributed by atoms with van der Waals surface area (Å²) in [5.41, 5.74) is 4.92. The summed E-state index contributed by atoms with van der Waals surface area (Å²) < 4.78 is 0. The number of allylic oxidation sites excluding steroid dienone is 2. The van der Waals surface area contributed by atoms with E-state index >= 15 is 0 Å². The van der Waals surface area contributed by atoms with Gasteiger partial charge in [-0.3, -0.25) is 4.79 Å². The van der Waals surface area contributed by atoms with Gasteiger partial charge in [-0.2, -0.15) is 0 Å². The topological polar surface area (TPSA) is 20.3 Å². The largest absolute Gasteiger partial charge is 0.374 e. The number of fused-ring (bicyclic) bond motifs is 1. The maximum Gasteiger partial charge on any atom is 0.195 e. The number of likely N-dealkylation sites (tertiary alicyclic amines) is 1. The smallest absolute Gasteiger partial charge is 0.195 e. The second-order valence-corrected chi connectivity index (χ2v) is 7.45. The van der Waals surface area contributed by atoms with Crippen molar-refractivity contribution >= 4 is 34.6 Å². The number of halogens is 2. The zero-order chi connectivity index (χ0) is 17.4. The third kappa shape index (κ3) is 3.09. The number of hydrogen-bond acceptors (Lipinski definition) is 2. The van der Waals surface area contributed by atoms with E-state index in [-0.39, 0.29) is 5.78 Å². The fraction of sp³-hybridized carbons (Fsp3) is 0.286. The third-order valence-electron chi connectivity index (χ3n) is 5.10. The molecule has 2 aliphatic rings. The minimum absolute atomic E-state index is 0.0348. The number of carbonyl (C=O) groups is 1. The van der Waals surface area contributed by atoms with Crippen molar-refractivity contribution in [3.05, 3.63) is 74.9 Å². The van der Waals surface area contributed by atoms with Gasteiger partial charge in [-0.1, -0.05) is 47.5 Å². The molecule has 1 saturated heterocycles. The van der Waals surface area contributed by atoms with Gasteiger partial charge in [0.05, 0.1) is 10.0 Å². The molecule has 4 rings (SSSR count). The van der Waals surface area contributed by atoms with Gasteiger partial charge < -0.3 is 4.90 Å². The van der Waals surface area contributed by atoms with Gasteiger partial charge in [-0.05, 0) is 55.0 Å². The Morgan fingerprint density at radius 3 is 2.44 bits per heavy atom. The third-order valence-corrected chi connectivity index (χ3v) is 5.84. The number of Topliss-reactive ketones (excluding diaryl/α,β-unsaturated/α-hetero) is 1. The molecular formula is C21H19Cl2NO. The first-order chi connectivity index (χ1) is 12.1. The van der Waals surface area contributed by atoms with E-state index in [1.807, 2.05) is 12.1 Å². The maximum atomic E-state index is 13.4. The van der Waals surface area contributed by atoms with Gasteiger partial charge in [-0.25, -0.2) is 0 Å². The molecule has 0 N–H and O–H groups in total. The highest BCUT2D eigenvalue weighted by Crippen LogP contribution is 2.37. The lowest BCUT2D eigenvalue weighted by molar-refractivity contribution is 0.105. The monoisotopic (exact) mass is 371 g/mol. The Balaban J connectivity index is 1.85. The van der Waals surface area contributed by atoms with E-state index in [9.17, 15) is 4.79 Å². The van der Waals surface area contributed by atoms with Crippen molar-refractivity contribution in [2.24, 2.45) is 0 Å². The Hall–Kier alpha value is -1.77. The molecular weight excluding hydrogens is 353 g/mol. The highest BCUT2D eigenvalue weighted by Gasteiger charge is 2.29. The molecule has 0 spiro atoms. The van der Waals surface area contributed by atoms with E-state index in [0.717, 1.165) is 37.1 Å². The zero-order valence-corrected chi connectivity index (χ0v) is 15.4. The first-order valence-electron chi connectivity index (χ1n) is 8.71. The van der Waals surface area contributed by atoms with Gasteiger partial charge in [-0.15, -0.1) is 0 Å². The molecule has 4 heteroatoms. The number of benzene rings is 2. The lowest BCUT2D eigenvalue weighted by atomic mass is 9.84. The summed E-state index contributed by atoms with van der Waals surface area (Å²) in [6, 6.07) is 13.4. The van der Waals surface area contributed by atoms with Crippen LogP contribution in [0.5, 0.6) is 0 Å². The van der Waals surface area contributed by atoms with Crippen molar-refractivity contribution in [1.82, 2.24) is 4.90 Å². The Kier molecular flexibility index (Phi) is 4.58. The molecule has 1 aliphatic carbocycles. The highest BCUT2D eigenvalue weighted by atomic mass is 35.5. The van der Waals surface area contributed by atoms with Crippen LogP contribution in [0, 0.1) is 0 Å². The second-order valence-electron chi connectivity index (χ2n) is 6.63. The summed E-state index contributed by atoms with van der Waals surface area (Å²) in [6.07, 6.45) is 4.29. The molecule has 1 heterocycles. The number of nitrogens with zero attached hydrogens (tertiary/aromatic N) is 1. The van der Waals surface area contributed by atoms with Crippen LogP contribution in [0.25, 0.3) is 5.57 Å². The van der Waals surface area contributed by atoms with Crippen LogP contribution in [0.3, 0.4) is 0 Å². The normalized spacial score (nSPS) is 17.0. The lowest BCUT2D eigenvalue weighted by Gasteiger charge is -2.30. The van der Waals surface area contributed by atoms with Crippen LogP contribution in [0.15, 0.2) is 48.2 Å². The Morgan fingerprint density at radius 1 is 0.920 bits per heavy atom. The molecule has 0 bridgehead atoms. The molecule has 2 aromatic carbocycles. The van der Waals surface area contributed by atoms with Crippen molar-refractivity contribution in [2.75, 3.05) is 13.1 Å². The van der Waals surface area contributed by atoms with E-state index in [1.54, 1.807) is 18.2 Å². The van der Waals surface area contributed by atoms with Gasteiger partial charge in [0.1, 0.15) is 0 Å². The fourth-order valence-electron chi connectivity index (χ4n) is 3.85. The first kappa shape index (κ1) is 16.7. The second kappa shape index (κ2) is 6.86. The van der Waals surface area contributed by atoms with Gasteiger partial charge in [0.25, 0.3) is 0 Å². The summed E-state index contributed by atoms with van der Waals surface area (Å²) in [7, 11) is 0. The van der Waals surface area contributed by atoms with Gasteiger partial charge >= 0.3 is 0 Å². The number of rotatable bonds is 3. The summed E-state index contributed by atoms with van der Waals surface area (Å²) in [5.74, 6) is 0.0348. The van der Waals surface area contributed by atoms with Crippen molar-refractivity contribution in [3.8, 4) is 0 Å². The molecule has 0 atom stereocenters. The molecule has 1 aliphatic heterocycles. The van der Waals surface area contributed by atoms with E-state index in [0.29, 0.717) is 15.6 Å². The molecule has 2 nitrogen and oxygen atoms in total. The molecule has 0 unspecified atom stereocenters. The number of carbonyl (C=O) groups excluding carboxylic acids is 1. The SMILES string of the molecule is O=C(C1=C(N2CCCC2)CCc2ccccc21)c1ccc(Cl)c(Cl)c1. The number of ketones is 1. The van der Waals surface area contributed by atoms with Gasteiger partial charge in [0.2, 0.25) is 0 Å². The van der Waals surface area contributed by atoms with Crippen molar-refractivity contribution < 1.29 is 4.79 Å². The van der Waals surface area contributed by atoms with E-state index < -0.39 is 0 Å². The molecule has 2 aromatic rings. The van der Waals surface area contributed by atoms with Crippen LogP contribution >= 0.6 is 23.2 Å². The van der Waals surface area contributed by atoms with E-state index in [4.69, 9.17) is 23.2 Å². The zero-order valence-electron chi connectivity index (χ0n) is 13.9. The summed E-state index contributed by atoms with van der Waals surface area (Å²) >= 11 is 12.2. The Labute approximate surface area is 158 Å². The minimum atomic E-state index is 0.0348. The fourth-order valence-corrected chi connectivity index (χ4v) is 4.15. The van der Waals surface area contributed by atoms with E-state index in [2.05, 4.69) is 17.0 Å². The Bertz CT molecular complexity index is 866. The van der Waals surface area contributed by atoms with Crippen molar-refractivity contribution in [2.45, 2.75) is 25.7 Å². The molecule has 1 fully saturated rings. The standard InChI is InChI=1S/C21H19Cl2NO/c22-17-9-7-15(13-18(17)23)21(25)20-16-6-2-1-5-14(16)8-10-19(20)24-11-3-4-12-24/h1-2,5-7,9,13H,3-4,8,10-12H2. The van der Waals surface area contributed by atoms with Gasteiger partial charge in [0, 0.05) is 29.9 Å². The highest BCUT2D eigenvalue weighted by molar-refractivity contribution is 6.42. The number of aryl methyl sites for hydroxylation is 1. The van der Waals surface area contributed by atoms with Crippen molar-refractivity contribution in [3.63, 3.8) is 0 Å². The molecule has 0 aromatic heterocycles. The van der Waals surface area contributed by atoms with Crippen LogP contribution in [-0.4, -0.2) is 23.8 Å². The first-order valence-corrected chi connectivity index (χ1v) is 9.47. The minimum Gasteiger partial charge on any atom is -0.374 e. The maximum absolute atomic E-state index is 13.4. The summed E-state index contributed by atoms with van der Waals surface area (Å²) in [6.45, 7) is 2.07. The van der Waals surface area contributed by atoms with Gasteiger partial charge in [0.15, 0.2) is 5.78 Å². The molecule has 0 radical (unpaired) electrons. The predicted molar refractivity (Wildman–Crippen MR) is 103 cm³/mol. The van der Waals surface area contributed by atoms with Crippen LogP contribution in [-0.2, 0) is 6.42 Å². The van der Waals surface area contributed by atoms with Crippen molar-refractivity contribution in [1.29, 1.82) is 0 Å². The molecule has 128 valence electrons. The number of hydrogen-bond donors (Lipinski definition) is 0. The van der Waals surface area contributed by atoms with E-state index in [1.165, 1.54) is 24.1 Å². The Morgan fingerprint density at radius 2 is 1.68 bits per heavy atom. The average Bonchev–Trinajstić information content (AvgIpc) is 3.17. The molecule has 25 heavy (non-hydrogen) atoms. The predicted octanol–water partition coefficient (Wildman–Crippen LogP) is 5.63. The van der Waals surface area contributed by atoms with Crippen LogP contribution in [0.4, 0.5) is 0 Å².